The molecular weight excluding hydrogens is 617 g/mol. The third kappa shape index (κ3) is 4.94. The van der Waals surface area contributed by atoms with Crippen molar-refractivity contribution in [2.45, 2.75) is 0 Å². The van der Waals surface area contributed by atoms with E-state index in [0.717, 1.165) is 54.9 Å². The van der Waals surface area contributed by atoms with Gasteiger partial charge in [-0.1, -0.05) is 176 Å². The zero-order valence-electron chi connectivity index (χ0n) is 38.0. The van der Waals surface area contributed by atoms with E-state index < -0.39 is 66.0 Å². The Morgan fingerprint density at radius 1 is 0.353 bits per heavy atom. The van der Waals surface area contributed by atoms with Crippen molar-refractivity contribution in [3.05, 3.63) is 194 Å². The first-order valence-corrected chi connectivity index (χ1v) is 16.6. The van der Waals surface area contributed by atoms with E-state index in [-0.39, 0.29) is 39.1 Å². The molecule has 0 aliphatic heterocycles. The summed E-state index contributed by atoms with van der Waals surface area (Å²) >= 11 is 0. The van der Waals surface area contributed by atoms with Crippen molar-refractivity contribution < 1.29 is 19.5 Å². The van der Waals surface area contributed by atoms with Gasteiger partial charge in [0, 0.05) is 21.9 Å². The van der Waals surface area contributed by atoms with E-state index in [9.17, 15) is 2.74 Å². The summed E-state index contributed by atoms with van der Waals surface area (Å²) in [7, 11) is 0. The molecule has 0 aliphatic rings. The molecular formula is C50H32O. The first-order chi connectivity index (χ1) is 29.9. The van der Waals surface area contributed by atoms with Crippen LogP contribution in [-0.2, 0) is 0 Å². The first-order valence-electron chi connectivity index (χ1n) is 22.1. The lowest BCUT2D eigenvalue weighted by molar-refractivity contribution is 0.670. The van der Waals surface area contributed by atoms with E-state index in [4.69, 9.17) is 16.8 Å². The fraction of sp³-hybridized carbons (Fsp3) is 0. The molecule has 51 heavy (non-hydrogen) atoms. The number of fused-ring (bicyclic) bond motifs is 5. The van der Waals surface area contributed by atoms with Crippen LogP contribution in [0.3, 0.4) is 0 Å². The number of para-hydroxylation sites is 1. The van der Waals surface area contributed by atoms with Crippen molar-refractivity contribution in [3.8, 4) is 55.6 Å². The molecule has 10 rings (SSSR count). The molecule has 0 fully saturated rings. The monoisotopic (exact) mass is 659 g/mol. The number of hydrogen-bond acceptors (Lipinski definition) is 1. The second-order valence-corrected chi connectivity index (χ2v) is 12.4. The minimum absolute atomic E-state index is 0.0317. The van der Waals surface area contributed by atoms with Crippen LogP contribution >= 0.6 is 0 Å². The second-order valence-electron chi connectivity index (χ2n) is 12.4. The van der Waals surface area contributed by atoms with E-state index in [1.54, 1.807) is 0 Å². The van der Waals surface area contributed by atoms with Crippen LogP contribution < -0.4 is 0 Å². The SMILES string of the molecule is [2H]c1c([2H])c([2H])c(-c2c([2H])c([2H])c3oc4c(-c5c6ccccc6c(-c6ccc(-c7cccc(-c8ccccc8)c7)cc6)c6ccccc56)c([2H])c([2H])c([2H])c4c3c2[2H])c([2H])c1[2H]. The quantitative estimate of drug-likeness (QED) is 0.168. The molecule has 1 aromatic heterocycles. The maximum Gasteiger partial charge on any atom is 0.143 e. The molecule has 1 nitrogen and oxygen atoms in total. The summed E-state index contributed by atoms with van der Waals surface area (Å²) in [5, 5.41) is 2.99. The van der Waals surface area contributed by atoms with Crippen LogP contribution in [0.2, 0.25) is 0 Å². The Balaban J connectivity index is 1.23. The van der Waals surface area contributed by atoms with E-state index in [1.165, 1.54) is 0 Å². The van der Waals surface area contributed by atoms with Crippen LogP contribution in [0, 0.1) is 0 Å². The van der Waals surface area contributed by atoms with Crippen LogP contribution in [0.5, 0.6) is 0 Å². The van der Waals surface area contributed by atoms with Gasteiger partial charge in [-0.15, -0.1) is 0 Å². The summed E-state index contributed by atoms with van der Waals surface area (Å²) in [5.74, 6) is 0. The van der Waals surface area contributed by atoms with Gasteiger partial charge in [0.1, 0.15) is 11.2 Å². The van der Waals surface area contributed by atoms with Crippen LogP contribution in [0.4, 0.5) is 0 Å². The summed E-state index contributed by atoms with van der Waals surface area (Å²) in [5.41, 5.74) is 5.91. The lowest BCUT2D eigenvalue weighted by Gasteiger charge is -2.18. The summed E-state index contributed by atoms with van der Waals surface area (Å²) < 4.78 is 103. The van der Waals surface area contributed by atoms with Gasteiger partial charge in [0.25, 0.3) is 0 Å². The molecule has 0 bridgehead atoms. The van der Waals surface area contributed by atoms with Gasteiger partial charge in [0.05, 0.1) is 15.1 Å². The smallest absolute Gasteiger partial charge is 0.143 e. The summed E-state index contributed by atoms with van der Waals surface area (Å²) in [4.78, 5) is 0. The summed E-state index contributed by atoms with van der Waals surface area (Å²) in [6.45, 7) is 0. The Kier molecular flexibility index (Phi) is 4.73. The van der Waals surface area contributed by atoms with Gasteiger partial charge in [-0.25, -0.2) is 0 Å². The van der Waals surface area contributed by atoms with E-state index >= 15 is 0 Å². The zero-order valence-corrected chi connectivity index (χ0v) is 27.0. The minimum Gasteiger partial charge on any atom is -0.455 e. The highest BCUT2D eigenvalue weighted by Gasteiger charge is 2.20. The van der Waals surface area contributed by atoms with Gasteiger partial charge in [-0.2, -0.15) is 0 Å². The Hall–Kier alpha value is -6.70. The molecule has 0 spiro atoms. The maximum absolute atomic E-state index is 9.42. The molecule has 1 heterocycles. The average Bonchev–Trinajstić information content (AvgIpc) is 3.71. The fourth-order valence-corrected chi connectivity index (χ4v) is 7.15. The molecule has 238 valence electrons. The third-order valence-corrected chi connectivity index (χ3v) is 9.47. The molecule has 0 saturated carbocycles. The highest BCUT2D eigenvalue weighted by atomic mass is 16.3. The maximum atomic E-state index is 9.42. The van der Waals surface area contributed by atoms with Gasteiger partial charge in [-0.3, -0.25) is 0 Å². The highest BCUT2D eigenvalue weighted by Crippen LogP contribution is 2.47. The third-order valence-electron chi connectivity index (χ3n) is 9.47. The molecule has 1 heteroatoms. The van der Waals surface area contributed by atoms with E-state index in [1.807, 2.05) is 66.7 Å². The van der Waals surface area contributed by atoms with Crippen molar-refractivity contribution in [1.29, 1.82) is 0 Å². The molecule has 10 aromatic rings. The van der Waals surface area contributed by atoms with Crippen LogP contribution in [0.15, 0.2) is 198 Å². The summed E-state index contributed by atoms with van der Waals surface area (Å²) in [6, 6.07) is 36.5. The Morgan fingerprint density at radius 3 is 1.63 bits per heavy atom. The van der Waals surface area contributed by atoms with E-state index in [0.29, 0.717) is 5.56 Å². The van der Waals surface area contributed by atoms with Gasteiger partial charge in [0.2, 0.25) is 0 Å². The average molecular weight is 660 g/mol. The summed E-state index contributed by atoms with van der Waals surface area (Å²) in [6.07, 6.45) is 0. The minimum atomic E-state index is -0.661. The van der Waals surface area contributed by atoms with Gasteiger partial charge >= 0.3 is 0 Å². The lowest BCUT2D eigenvalue weighted by atomic mass is 9.85. The fourth-order valence-electron chi connectivity index (χ4n) is 7.15. The van der Waals surface area contributed by atoms with Crippen LogP contribution in [0.25, 0.3) is 99.1 Å². The predicted octanol–water partition coefficient (Wildman–Crippen LogP) is 14.2. The van der Waals surface area contributed by atoms with E-state index in [2.05, 4.69) is 60.7 Å². The largest absolute Gasteiger partial charge is 0.455 e. The van der Waals surface area contributed by atoms with Crippen molar-refractivity contribution in [2.75, 3.05) is 0 Å². The number of rotatable bonds is 5. The van der Waals surface area contributed by atoms with Crippen molar-refractivity contribution in [2.24, 2.45) is 0 Å². The second kappa shape index (κ2) is 12.0. The van der Waals surface area contributed by atoms with Gasteiger partial charge in [0.15, 0.2) is 0 Å². The molecule has 0 saturated heterocycles. The van der Waals surface area contributed by atoms with Crippen molar-refractivity contribution in [3.63, 3.8) is 0 Å². The molecule has 0 atom stereocenters. The van der Waals surface area contributed by atoms with Crippen molar-refractivity contribution in [1.82, 2.24) is 0 Å². The predicted molar refractivity (Wildman–Crippen MR) is 216 cm³/mol. The topological polar surface area (TPSA) is 13.1 Å². The van der Waals surface area contributed by atoms with Crippen LogP contribution in [0.1, 0.15) is 15.1 Å². The standard InChI is InChI=1S/C50H32O/c1-3-13-33(14-4-1)37-17-11-18-38(31-37)35-25-27-36(28-26-35)48-40-19-7-9-21-42(40)49(43-22-10-8-20-41(43)48)45-24-12-23-44-46-32-39(34-15-5-2-6-16-34)29-30-47(46)51-50(44)45/h1-32H/i2D,5D,6D,12D,15D,16D,23D,24D,29D,30D,32D. The number of benzene rings is 9. The lowest BCUT2D eigenvalue weighted by Crippen LogP contribution is -1.91. The van der Waals surface area contributed by atoms with Crippen molar-refractivity contribution >= 4 is 43.5 Å². The zero-order chi connectivity index (χ0) is 43.3. The molecule has 0 radical (unpaired) electrons. The Bertz CT molecular complexity index is 3440. The van der Waals surface area contributed by atoms with Gasteiger partial charge < -0.3 is 4.42 Å². The Labute approximate surface area is 312 Å². The highest BCUT2D eigenvalue weighted by molar-refractivity contribution is 6.24. The molecule has 9 aromatic carbocycles. The molecule has 0 unspecified atom stereocenters. The molecule has 0 N–H and O–H groups in total. The Morgan fingerprint density at radius 2 is 0.941 bits per heavy atom. The first kappa shape index (κ1) is 20.1. The normalized spacial score (nSPS) is 14.5. The number of furan rings is 1. The van der Waals surface area contributed by atoms with Gasteiger partial charge in [-0.05, 0) is 84.2 Å². The van der Waals surface area contributed by atoms with Crippen LogP contribution in [-0.4, -0.2) is 0 Å². The number of hydrogen-bond donors (Lipinski definition) is 0. The molecule has 0 amide bonds. The molecule has 0 aliphatic carbocycles.